The number of imidazole rings is 1. The standard InChI is InChI=1S/C17H28N4O2/c1-5-19-14(22)13-6-8-17(4,16(13,2)3)15(23)20-9-7-12-10-18-11-21-12/h10-11,13H,5-9H2,1-4H3,(H,18,21)(H,19,22)(H,20,23)/t13-,17+/m0/s1. The molecule has 0 unspecified atom stereocenters. The van der Waals surface area contributed by atoms with Crippen LogP contribution < -0.4 is 10.6 Å². The molecule has 0 aromatic carbocycles. The van der Waals surface area contributed by atoms with E-state index in [0.717, 1.165) is 25.0 Å². The molecule has 2 rings (SSSR count). The molecule has 0 radical (unpaired) electrons. The predicted molar refractivity (Wildman–Crippen MR) is 88.6 cm³/mol. The van der Waals surface area contributed by atoms with Crippen LogP contribution >= 0.6 is 0 Å². The van der Waals surface area contributed by atoms with Crippen molar-refractivity contribution in [2.75, 3.05) is 13.1 Å². The summed E-state index contributed by atoms with van der Waals surface area (Å²) in [4.78, 5) is 32.1. The normalized spacial score (nSPS) is 26.0. The van der Waals surface area contributed by atoms with Crippen molar-refractivity contribution in [3.63, 3.8) is 0 Å². The Morgan fingerprint density at radius 1 is 1.35 bits per heavy atom. The Kier molecular flexibility index (Phi) is 5.12. The summed E-state index contributed by atoms with van der Waals surface area (Å²) in [5.41, 5.74) is 0.0995. The van der Waals surface area contributed by atoms with Crippen LogP contribution in [0.25, 0.3) is 0 Å². The maximum absolute atomic E-state index is 12.8. The molecule has 0 saturated heterocycles. The zero-order valence-corrected chi connectivity index (χ0v) is 14.5. The Hall–Kier alpha value is -1.85. The van der Waals surface area contributed by atoms with Gasteiger partial charge in [-0.3, -0.25) is 9.59 Å². The fourth-order valence-corrected chi connectivity index (χ4v) is 3.59. The molecular weight excluding hydrogens is 292 g/mol. The first-order valence-electron chi connectivity index (χ1n) is 8.36. The summed E-state index contributed by atoms with van der Waals surface area (Å²) < 4.78 is 0. The summed E-state index contributed by atoms with van der Waals surface area (Å²) in [6.45, 7) is 9.17. The maximum atomic E-state index is 12.8. The lowest BCUT2D eigenvalue weighted by Gasteiger charge is -2.39. The molecule has 6 nitrogen and oxygen atoms in total. The number of rotatable bonds is 6. The van der Waals surface area contributed by atoms with Crippen LogP contribution in [0.5, 0.6) is 0 Å². The van der Waals surface area contributed by atoms with Crippen molar-refractivity contribution in [2.24, 2.45) is 16.7 Å². The van der Waals surface area contributed by atoms with E-state index in [1.807, 2.05) is 27.7 Å². The molecular formula is C17H28N4O2. The summed E-state index contributed by atoms with van der Waals surface area (Å²) in [7, 11) is 0. The highest BCUT2D eigenvalue weighted by Gasteiger charge is 2.57. The van der Waals surface area contributed by atoms with Gasteiger partial charge in [0.15, 0.2) is 0 Å². The van der Waals surface area contributed by atoms with Crippen molar-refractivity contribution in [1.82, 2.24) is 20.6 Å². The lowest BCUT2D eigenvalue weighted by atomic mass is 9.65. The van der Waals surface area contributed by atoms with E-state index in [0.29, 0.717) is 13.1 Å². The van der Waals surface area contributed by atoms with E-state index in [1.54, 1.807) is 12.5 Å². The minimum absolute atomic E-state index is 0.0359. The zero-order chi connectivity index (χ0) is 17.1. The van der Waals surface area contributed by atoms with Crippen molar-refractivity contribution < 1.29 is 9.59 Å². The lowest BCUT2D eigenvalue weighted by molar-refractivity contribution is -0.138. The smallest absolute Gasteiger partial charge is 0.226 e. The Balaban J connectivity index is 1.99. The Morgan fingerprint density at radius 2 is 2.09 bits per heavy atom. The Morgan fingerprint density at radius 3 is 2.70 bits per heavy atom. The van der Waals surface area contributed by atoms with Gasteiger partial charge >= 0.3 is 0 Å². The van der Waals surface area contributed by atoms with E-state index in [1.165, 1.54) is 0 Å². The number of nitrogens with zero attached hydrogens (tertiary/aromatic N) is 1. The van der Waals surface area contributed by atoms with Gasteiger partial charge in [-0.1, -0.05) is 20.8 Å². The van der Waals surface area contributed by atoms with Gasteiger partial charge < -0.3 is 15.6 Å². The highest BCUT2D eigenvalue weighted by molar-refractivity contribution is 5.87. The minimum atomic E-state index is -0.531. The molecule has 2 atom stereocenters. The number of hydrogen-bond donors (Lipinski definition) is 3. The third-order valence-corrected chi connectivity index (χ3v) is 5.63. The van der Waals surface area contributed by atoms with Crippen molar-refractivity contribution in [3.05, 3.63) is 18.2 Å². The van der Waals surface area contributed by atoms with Crippen molar-refractivity contribution in [2.45, 2.75) is 47.0 Å². The number of carbonyl (C=O) groups is 2. The number of H-pyrrole nitrogens is 1. The Bertz CT molecular complexity index is 553. The zero-order valence-electron chi connectivity index (χ0n) is 14.5. The molecule has 0 aliphatic heterocycles. The molecule has 128 valence electrons. The molecule has 1 aromatic rings. The third-order valence-electron chi connectivity index (χ3n) is 5.63. The number of carbonyl (C=O) groups excluding carboxylic acids is 2. The number of hydrogen-bond acceptors (Lipinski definition) is 3. The molecule has 1 aliphatic rings. The minimum Gasteiger partial charge on any atom is -0.356 e. The summed E-state index contributed by atoms with van der Waals surface area (Å²) in [5.74, 6) is -0.0221. The average Bonchev–Trinajstić information content (AvgIpc) is 3.07. The molecule has 23 heavy (non-hydrogen) atoms. The average molecular weight is 320 g/mol. The number of nitrogens with one attached hydrogen (secondary N) is 3. The summed E-state index contributed by atoms with van der Waals surface area (Å²) >= 11 is 0. The van der Waals surface area contributed by atoms with Gasteiger partial charge in [0.05, 0.1) is 11.7 Å². The first kappa shape index (κ1) is 17.5. The third kappa shape index (κ3) is 3.26. The van der Waals surface area contributed by atoms with Crippen molar-refractivity contribution in [3.8, 4) is 0 Å². The fourth-order valence-electron chi connectivity index (χ4n) is 3.59. The van der Waals surface area contributed by atoms with Crippen LogP contribution in [-0.2, 0) is 16.0 Å². The molecule has 6 heteroatoms. The van der Waals surface area contributed by atoms with E-state index in [4.69, 9.17) is 0 Å². The summed E-state index contributed by atoms with van der Waals surface area (Å²) in [6, 6.07) is 0. The largest absolute Gasteiger partial charge is 0.356 e. The van der Waals surface area contributed by atoms with Crippen LogP contribution in [0.3, 0.4) is 0 Å². The molecule has 0 bridgehead atoms. The van der Waals surface area contributed by atoms with E-state index in [2.05, 4.69) is 20.6 Å². The molecule has 1 aromatic heterocycles. The van der Waals surface area contributed by atoms with Gasteiger partial charge in [0.25, 0.3) is 0 Å². The quantitative estimate of drug-likeness (QED) is 0.745. The molecule has 3 N–H and O–H groups in total. The van der Waals surface area contributed by atoms with Crippen LogP contribution in [-0.4, -0.2) is 34.9 Å². The first-order chi connectivity index (χ1) is 10.8. The number of amides is 2. The number of aromatic nitrogens is 2. The van der Waals surface area contributed by atoms with Crippen molar-refractivity contribution in [1.29, 1.82) is 0 Å². The molecule has 2 amide bonds. The molecule has 0 spiro atoms. The summed E-state index contributed by atoms with van der Waals surface area (Å²) in [5, 5.41) is 5.93. The number of aromatic amines is 1. The van der Waals surface area contributed by atoms with Gasteiger partial charge in [0, 0.05) is 37.3 Å². The van der Waals surface area contributed by atoms with Crippen LogP contribution in [0.4, 0.5) is 0 Å². The van der Waals surface area contributed by atoms with Gasteiger partial charge in [-0.15, -0.1) is 0 Å². The van der Waals surface area contributed by atoms with Crippen LogP contribution in [0.15, 0.2) is 12.5 Å². The molecule has 1 fully saturated rings. The van der Waals surface area contributed by atoms with Crippen LogP contribution in [0, 0.1) is 16.7 Å². The highest BCUT2D eigenvalue weighted by atomic mass is 16.2. The second-order valence-electron chi connectivity index (χ2n) is 7.12. The first-order valence-corrected chi connectivity index (χ1v) is 8.36. The molecule has 1 saturated carbocycles. The lowest BCUT2D eigenvalue weighted by Crippen LogP contribution is -2.49. The van der Waals surface area contributed by atoms with Crippen LogP contribution in [0.1, 0.15) is 46.2 Å². The predicted octanol–water partition coefficient (Wildman–Crippen LogP) is 1.65. The molecule has 1 aliphatic carbocycles. The van der Waals surface area contributed by atoms with Crippen molar-refractivity contribution >= 4 is 11.8 Å². The summed E-state index contributed by atoms with van der Waals surface area (Å²) in [6.07, 6.45) is 5.61. The second-order valence-corrected chi connectivity index (χ2v) is 7.12. The van der Waals surface area contributed by atoms with Crippen LogP contribution in [0.2, 0.25) is 0 Å². The molecule has 1 heterocycles. The fraction of sp³-hybridized carbons (Fsp3) is 0.706. The van der Waals surface area contributed by atoms with Gasteiger partial charge in [-0.2, -0.15) is 0 Å². The monoisotopic (exact) mass is 320 g/mol. The van der Waals surface area contributed by atoms with E-state index in [-0.39, 0.29) is 23.1 Å². The van der Waals surface area contributed by atoms with Gasteiger partial charge in [0.2, 0.25) is 11.8 Å². The highest BCUT2D eigenvalue weighted by Crippen LogP contribution is 2.56. The van der Waals surface area contributed by atoms with E-state index < -0.39 is 5.41 Å². The van der Waals surface area contributed by atoms with Gasteiger partial charge in [-0.25, -0.2) is 4.98 Å². The maximum Gasteiger partial charge on any atom is 0.226 e. The van der Waals surface area contributed by atoms with Gasteiger partial charge in [-0.05, 0) is 25.2 Å². The van der Waals surface area contributed by atoms with E-state index >= 15 is 0 Å². The Labute approximate surface area is 137 Å². The second kappa shape index (κ2) is 6.72. The van der Waals surface area contributed by atoms with E-state index in [9.17, 15) is 9.59 Å². The SMILES string of the molecule is CCNC(=O)[C@@H]1CC[C@](C)(C(=O)NCCc2cnc[nH]2)C1(C)C. The van der Waals surface area contributed by atoms with Gasteiger partial charge in [0.1, 0.15) is 0 Å². The topological polar surface area (TPSA) is 86.9 Å².